The molecule has 25 heavy (non-hydrogen) atoms. The summed E-state index contributed by atoms with van der Waals surface area (Å²) in [5.41, 5.74) is 2.43. The summed E-state index contributed by atoms with van der Waals surface area (Å²) in [4.78, 5) is 28.5. The summed E-state index contributed by atoms with van der Waals surface area (Å²) >= 11 is 5.91. The Morgan fingerprint density at radius 1 is 1.44 bits per heavy atom. The molecular formula is C18H18ClN3O3. The van der Waals surface area contributed by atoms with E-state index < -0.39 is 0 Å². The molecule has 2 amide bonds. The molecule has 0 unspecified atom stereocenters. The predicted molar refractivity (Wildman–Crippen MR) is 92.7 cm³/mol. The molecule has 0 N–H and O–H groups in total. The van der Waals surface area contributed by atoms with E-state index in [1.54, 1.807) is 19.2 Å². The minimum Gasteiger partial charge on any atom is -0.362 e. The average Bonchev–Trinajstić information content (AvgIpc) is 3.30. The lowest BCUT2D eigenvalue weighted by Gasteiger charge is -2.23. The largest absolute Gasteiger partial charge is 0.362 e. The van der Waals surface area contributed by atoms with Gasteiger partial charge in [0.25, 0.3) is 11.8 Å². The van der Waals surface area contributed by atoms with Crippen molar-refractivity contribution in [2.75, 3.05) is 11.9 Å². The average molecular weight is 360 g/mol. The van der Waals surface area contributed by atoms with Gasteiger partial charge in [-0.1, -0.05) is 16.8 Å². The molecule has 4 rings (SSSR count). The van der Waals surface area contributed by atoms with Gasteiger partial charge in [0.2, 0.25) is 0 Å². The van der Waals surface area contributed by atoms with Crippen molar-refractivity contribution in [2.24, 2.45) is 5.92 Å². The van der Waals surface area contributed by atoms with Gasteiger partial charge in [-0.15, -0.1) is 0 Å². The Morgan fingerprint density at radius 3 is 2.84 bits per heavy atom. The van der Waals surface area contributed by atoms with Crippen LogP contribution in [-0.2, 0) is 6.54 Å². The molecule has 0 bridgehead atoms. The molecule has 1 aromatic carbocycles. The van der Waals surface area contributed by atoms with Crippen LogP contribution in [0.2, 0.25) is 5.02 Å². The van der Waals surface area contributed by atoms with Gasteiger partial charge < -0.3 is 14.3 Å². The van der Waals surface area contributed by atoms with Crippen LogP contribution >= 0.6 is 11.6 Å². The molecule has 1 atom stereocenters. The highest BCUT2D eigenvalue weighted by Gasteiger charge is 2.38. The quantitative estimate of drug-likeness (QED) is 0.839. The van der Waals surface area contributed by atoms with E-state index in [1.807, 2.05) is 11.0 Å². The maximum Gasteiger partial charge on any atom is 0.281 e. The SMILES string of the molecule is C[C@@H](C1CC1)N1Cc2cc(N(C)C(=O)c3nocc3Cl)ccc2C1=O. The van der Waals surface area contributed by atoms with Gasteiger partial charge in [-0.3, -0.25) is 9.59 Å². The van der Waals surface area contributed by atoms with Crippen molar-refractivity contribution in [1.29, 1.82) is 0 Å². The minimum atomic E-state index is -0.355. The molecule has 0 saturated heterocycles. The third-order valence-electron chi connectivity index (χ3n) is 5.14. The number of carbonyl (C=O) groups is 2. The zero-order valence-corrected chi connectivity index (χ0v) is 14.8. The van der Waals surface area contributed by atoms with Gasteiger partial charge in [-0.25, -0.2) is 0 Å². The molecule has 2 aromatic rings. The normalized spacial score (nSPS) is 17.6. The molecule has 6 nitrogen and oxygen atoms in total. The van der Waals surface area contributed by atoms with Gasteiger partial charge in [-0.2, -0.15) is 0 Å². The molecule has 1 aliphatic carbocycles. The highest BCUT2D eigenvalue weighted by atomic mass is 35.5. The third kappa shape index (κ3) is 2.70. The number of fused-ring (bicyclic) bond motifs is 1. The lowest BCUT2D eigenvalue weighted by atomic mass is 10.1. The van der Waals surface area contributed by atoms with E-state index in [9.17, 15) is 9.59 Å². The van der Waals surface area contributed by atoms with Crippen molar-refractivity contribution in [2.45, 2.75) is 32.4 Å². The van der Waals surface area contributed by atoms with Crippen molar-refractivity contribution in [3.05, 3.63) is 46.3 Å². The summed E-state index contributed by atoms with van der Waals surface area (Å²) in [6.07, 6.45) is 3.62. The van der Waals surface area contributed by atoms with Gasteiger partial charge in [0.15, 0.2) is 5.69 Å². The number of amides is 2. The van der Waals surface area contributed by atoms with E-state index in [4.69, 9.17) is 16.1 Å². The Morgan fingerprint density at radius 2 is 2.20 bits per heavy atom. The summed E-state index contributed by atoms with van der Waals surface area (Å²) in [6, 6.07) is 5.71. The van der Waals surface area contributed by atoms with Gasteiger partial charge in [0.05, 0.1) is 0 Å². The molecule has 1 saturated carbocycles. The second kappa shape index (κ2) is 5.88. The summed E-state index contributed by atoms with van der Waals surface area (Å²) in [5, 5.41) is 3.83. The van der Waals surface area contributed by atoms with Crippen LogP contribution in [0, 0.1) is 5.92 Å². The number of hydrogen-bond donors (Lipinski definition) is 0. The van der Waals surface area contributed by atoms with Crippen molar-refractivity contribution >= 4 is 29.1 Å². The molecule has 2 heterocycles. The number of aromatic nitrogens is 1. The lowest BCUT2D eigenvalue weighted by Crippen LogP contribution is -2.34. The zero-order valence-electron chi connectivity index (χ0n) is 14.0. The number of carbonyl (C=O) groups excluding carboxylic acids is 2. The van der Waals surface area contributed by atoms with Crippen molar-refractivity contribution in [1.82, 2.24) is 10.1 Å². The highest BCUT2D eigenvalue weighted by molar-refractivity contribution is 6.34. The van der Waals surface area contributed by atoms with Gasteiger partial charge in [-0.05, 0) is 49.4 Å². The van der Waals surface area contributed by atoms with Crippen LogP contribution in [-0.4, -0.2) is 35.0 Å². The maximum absolute atomic E-state index is 12.6. The smallest absolute Gasteiger partial charge is 0.281 e. The first-order valence-corrected chi connectivity index (χ1v) is 8.67. The maximum atomic E-state index is 12.6. The molecule has 7 heteroatoms. The summed E-state index contributed by atoms with van der Waals surface area (Å²) in [7, 11) is 1.65. The van der Waals surface area contributed by atoms with E-state index in [2.05, 4.69) is 12.1 Å². The number of rotatable bonds is 4. The predicted octanol–water partition coefficient (Wildman–Crippen LogP) is 3.36. The lowest BCUT2D eigenvalue weighted by molar-refractivity contribution is 0.0697. The van der Waals surface area contributed by atoms with Crippen molar-refractivity contribution < 1.29 is 14.1 Å². The van der Waals surface area contributed by atoms with Gasteiger partial charge in [0.1, 0.15) is 11.3 Å². The van der Waals surface area contributed by atoms with Gasteiger partial charge >= 0.3 is 0 Å². The first-order valence-electron chi connectivity index (χ1n) is 8.29. The van der Waals surface area contributed by atoms with Crippen LogP contribution in [0.15, 0.2) is 29.0 Å². The number of hydrogen-bond acceptors (Lipinski definition) is 4. The van der Waals surface area contributed by atoms with E-state index in [0.717, 1.165) is 11.1 Å². The molecule has 2 aliphatic rings. The monoisotopic (exact) mass is 359 g/mol. The van der Waals surface area contributed by atoms with E-state index >= 15 is 0 Å². The summed E-state index contributed by atoms with van der Waals surface area (Å²) in [6.45, 7) is 2.71. The number of anilines is 1. The van der Waals surface area contributed by atoms with Crippen LogP contribution in [0.25, 0.3) is 0 Å². The molecular weight excluding hydrogens is 342 g/mol. The molecule has 130 valence electrons. The summed E-state index contributed by atoms with van der Waals surface area (Å²) < 4.78 is 4.73. The first-order chi connectivity index (χ1) is 12.0. The Balaban J connectivity index is 1.58. The Bertz CT molecular complexity index is 859. The van der Waals surface area contributed by atoms with E-state index in [0.29, 0.717) is 18.2 Å². The van der Waals surface area contributed by atoms with Crippen LogP contribution in [0.3, 0.4) is 0 Å². The topological polar surface area (TPSA) is 66.7 Å². The molecule has 1 aliphatic heterocycles. The second-order valence-corrected chi connectivity index (χ2v) is 7.13. The van der Waals surface area contributed by atoms with Crippen LogP contribution in [0.1, 0.15) is 46.2 Å². The van der Waals surface area contributed by atoms with E-state index in [1.165, 1.54) is 24.0 Å². The molecule has 0 spiro atoms. The standard InChI is InChI=1S/C18H18ClN3O3/c1-10(11-3-4-11)22-8-12-7-13(5-6-14(12)17(22)23)21(2)18(24)16-15(19)9-25-20-16/h5-7,9-11H,3-4,8H2,1-2H3/t10-/m0/s1. The number of nitrogens with zero attached hydrogens (tertiary/aromatic N) is 3. The van der Waals surface area contributed by atoms with Crippen LogP contribution < -0.4 is 4.90 Å². The third-order valence-corrected chi connectivity index (χ3v) is 5.41. The fourth-order valence-corrected chi connectivity index (χ4v) is 3.50. The number of halogens is 1. The minimum absolute atomic E-state index is 0.0738. The first kappa shape index (κ1) is 16.1. The molecule has 0 radical (unpaired) electrons. The second-order valence-electron chi connectivity index (χ2n) is 6.73. The molecule has 1 aromatic heterocycles. The van der Waals surface area contributed by atoms with E-state index in [-0.39, 0.29) is 28.6 Å². The van der Waals surface area contributed by atoms with Crippen LogP contribution in [0.4, 0.5) is 5.69 Å². The van der Waals surface area contributed by atoms with Crippen LogP contribution in [0.5, 0.6) is 0 Å². The molecule has 1 fully saturated rings. The van der Waals surface area contributed by atoms with Gasteiger partial charge in [0, 0.05) is 30.9 Å². The Kier molecular flexibility index (Phi) is 3.80. The Hall–Kier alpha value is -2.34. The highest BCUT2D eigenvalue weighted by Crippen LogP contribution is 2.38. The summed E-state index contributed by atoms with van der Waals surface area (Å²) in [5.74, 6) is 0.344. The van der Waals surface area contributed by atoms with Crippen molar-refractivity contribution in [3.63, 3.8) is 0 Å². The fraction of sp³-hybridized carbons (Fsp3) is 0.389. The van der Waals surface area contributed by atoms with Crippen molar-refractivity contribution in [3.8, 4) is 0 Å². The number of benzene rings is 1. The zero-order chi connectivity index (χ0) is 17.7. The fourth-order valence-electron chi connectivity index (χ4n) is 3.34. The Labute approximate surface area is 150 Å².